The number of likely N-dealkylation sites (tertiary alicyclic amines) is 1. The van der Waals surface area contributed by atoms with Gasteiger partial charge in [0.1, 0.15) is 11.5 Å². The van der Waals surface area contributed by atoms with Crippen LogP contribution < -0.4 is 0 Å². The third-order valence-electron chi connectivity index (χ3n) is 4.38. The van der Waals surface area contributed by atoms with Crippen molar-refractivity contribution in [2.75, 3.05) is 13.1 Å². The highest BCUT2D eigenvalue weighted by Crippen LogP contribution is 2.22. The summed E-state index contributed by atoms with van der Waals surface area (Å²) in [6, 6.07) is 6.21. The topological polar surface area (TPSA) is 75.4 Å². The van der Waals surface area contributed by atoms with E-state index < -0.39 is 17.7 Å². The molecule has 7 heteroatoms. The minimum absolute atomic E-state index is 0.193. The monoisotopic (exact) mass is 331 g/mol. The van der Waals surface area contributed by atoms with Gasteiger partial charge in [-0.3, -0.25) is 9.59 Å². The number of piperidine rings is 1. The molecule has 1 fully saturated rings. The number of aliphatic carboxylic acids is 1. The third-order valence-corrected chi connectivity index (χ3v) is 4.38. The largest absolute Gasteiger partial charge is 0.481 e. The van der Waals surface area contributed by atoms with Crippen molar-refractivity contribution in [1.82, 2.24) is 14.7 Å². The maximum atomic E-state index is 13.9. The van der Waals surface area contributed by atoms with Crippen LogP contribution >= 0.6 is 0 Å². The lowest BCUT2D eigenvalue weighted by molar-refractivity contribution is -0.143. The molecule has 1 aliphatic rings. The number of benzene rings is 1. The van der Waals surface area contributed by atoms with E-state index in [1.807, 2.05) is 0 Å². The van der Waals surface area contributed by atoms with Gasteiger partial charge in [-0.2, -0.15) is 5.10 Å². The van der Waals surface area contributed by atoms with E-state index in [9.17, 15) is 14.0 Å². The summed E-state index contributed by atoms with van der Waals surface area (Å²) < 4.78 is 15.3. The standard InChI is InChI=1S/C17H18FN3O3/c1-11-13(9-19-21(11)15-7-3-2-6-14(15)18)16(22)20-8-4-5-12(10-20)17(23)24/h2-3,6-7,9,12H,4-5,8,10H2,1H3,(H,23,24)/t12-/m0/s1. The molecule has 126 valence electrons. The van der Waals surface area contributed by atoms with Gasteiger partial charge in [0.2, 0.25) is 0 Å². The predicted molar refractivity (Wildman–Crippen MR) is 84.5 cm³/mol. The van der Waals surface area contributed by atoms with E-state index in [4.69, 9.17) is 5.11 Å². The van der Waals surface area contributed by atoms with E-state index in [1.54, 1.807) is 25.1 Å². The van der Waals surface area contributed by atoms with Crippen molar-refractivity contribution in [3.8, 4) is 5.69 Å². The first-order valence-corrected chi connectivity index (χ1v) is 7.80. The molecular weight excluding hydrogens is 313 g/mol. The Balaban J connectivity index is 1.87. The molecule has 1 aliphatic heterocycles. The van der Waals surface area contributed by atoms with Gasteiger partial charge in [-0.15, -0.1) is 0 Å². The van der Waals surface area contributed by atoms with Crippen molar-refractivity contribution >= 4 is 11.9 Å². The highest BCUT2D eigenvalue weighted by atomic mass is 19.1. The Hall–Kier alpha value is -2.70. The van der Waals surface area contributed by atoms with E-state index in [0.717, 1.165) is 0 Å². The number of amides is 1. The molecule has 0 saturated carbocycles. The van der Waals surface area contributed by atoms with Gasteiger partial charge >= 0.3 is 5.97 Å². The normalized spacial score (nSPS) is 17.8. The number of hydrogen-bond donors (Lipinski definition) is 1. The van der Waals surface area contributed by atoms with Crippen molar-refractivity contribution in [2.45, 2.75) is 19.8 Å². The van der Waals surface area contributed by atoms with Crippen LogP contribution in [0.3, 0.4) is 0 Å². The molecule has 24 heavy (non-hydrogen) atoms. The van der Waals surface area contributed by atoms with E-state index in [2.05, 4.69) is 5.10 Å². The lowest BCUT2D eigenvalue weighted by Gasteiger charge is -2.30. The van der Waals surface area contributed by atoms with E-state index in [-0.39, 0.29) is 18.1 Å². The molecule has 2 heterocycles. The maximum Gasteiger partial charge on any atom is 0.308 e. The number of rotatable bonds is 3. The van der Waals surface area contributed by atoms with Gasteiger partial charge in [0.25, 0.3) is 5.91 Å². The quantitative estimate of drug-likeness (QED) is 0.936. The molecule has 6 nitrogen and oxygen atoms in total. The van der Waals surface area contributed by atoms with Gasteiger partial charge < -0.3 is 10.0 Å². The van der Waals surface area contributed by atoms with E-state index >= 15 is 0 Å². The van der Waals surface area contributed by atoms with Crippen molar-refractivity contribution in [2.24, 2.45) is 5.92 Å². The molecule has 1 N–H and O–H groups in total. The minimum Gasteiger partial charge on any atom is -0.481 e. The maximum absolute atomic E-state index is 13.9. The average Bonchev–Trinajstić information content (AvgIpc) is 2.96. The minimum atomic E-state index is -0.883. The number of carboxylic acid groups (broad SMARTS) is 1. The number of aromatic nitrogens is 2. The van der Waals surface area contributed by atoms with Crippen LogP contribution in [0.1, 0.15) is 28.9 Å². The van der Waals surface area contributed by atoms with Crippen LogP contribution in [0.2, 0.25) is 0 Å². The zero-order valence-electron chi connectivity index (χ0n) is 13.3. The number of carbonyl (C=O) groups excluding carboxylic acids is 1. The Kier molecular flexibility index (Phi) is 4.33. The SMILES string of the molecule is Cc1c(C(=O)N2CCC[C@H](C(=O)O)C2)cnn1-c1ccccc1F. The zero-order valence-corrected chi connectivity index (χ0v) is 13.3. The van der Waals surface area contributed by atoms with Gasteiger partial charge in [-0.05, 0) is 31.9 Å². The molecule has 2 aromatic rings. The number of halogens is 1. The Bertz CT molecular complexity index is 787. The van der Waals surface area contributed by atoms with Crippen molar-refractivity contribution < 1.29 is 19.1 Å². The molecule has 0 unspecified atom stereocenters. The van der Waals surface area contributed by atoms with Crippen LogP contribution in [-0.4, -0.2) is 44.8 Å². The van der Waals surface area contributed by atoms with Crippen molar-refractivity contribution in [3.05, 3.63) is 47.5 Å². The lowest BCUT2D eigenvalue weighted by Crippen LogP contribution is -2.42. The third kappa shape index (κ3) is 2.89. The van der Waals surface area contributed by atoms with Crippen molar-refractivity contribution in [3.63, 3.8) is 0 Å². The molecule has 1 aromatic heterocycles. The van der Waals surface area contributed by atoms with Gasteiger partial charge in [-0.1, -0.05) is 12.1 Å². The second-order valence-corrected chi connectivity index (χ2v) is 5.94. The summed E-state index contributed by atoms with van der Waals surface area (Å²) in [5, 5.41) is 13.3. The molecule has 0 radical (unpaired) electrons. The molecule has 1 aromatic carbocycles. The highest BCUT2D eigenvalue weighted by molar-refractivity contribution is 5.95. The molecular formula is C17H18FN3O3. The van der Waals surface area contributed by atoms with Crippen LogP contribution in [0.25, 0.3) is 5.69 Å². The molecule has 3 rings (SSSR count). The van der Waals surface area contributed by atoms with Crippen LogP contribution in [0.4, 0.5) is 4.39 Å². The second kappa shape index (κ2) is 6.43. The molecule has 0 spiro atoms. The summed E-state index contributed by atoms with van der Waals surface area (Å²) in [6.07, 6.45) is 2.64. The molecule has 1 atom stereocenters. The Morgan fingerprint density at radius 3 is 2.79 bits per heavy atom. The molecule has 1 amide bonds. The average molecular weight is 331 g/mol. The lowest BCUT2D eigenvalue weighted by atomic mass is 9.98. The zero-order chi connectivity index (χ0) is 17.3. The fourth-order valence-electron chi connectivity index (χ4n) is 3.02. The predicted octanol–water partition coefficient (Wildman–Crippen LogP) is 2.26. The summed E-state index contributed by atoms with van der Waals surface area (Å²) >= 11 is 0. The van der Waals surface area contributed by atoms with Gasteiger partial charge in [-0.25, -0.2) is 9.07 Å². The first-order valence-electron chi connectivity index (χ1n) is 7.80. The van der Waals surface area contributed by atoms with E-state index in [1.165, 1.54) is 21.8 Å². The number of carboxylic acids is 1. The van der Waals surface area contributed by atoms with Crippen LogP contribution in [0, 0.1) is 18.7 Å². The first-order chi connectivity index (χ1) is 11.5. The Labute approximate surface area is 138 Å². The summed E-state index contributed by atoms with van der Waals surface area (Å²) in [7, 11) is 0. The first kappa shape index (κ1) is 16.2. The van der Waals surface area contributed by atoms with E-state index in [0.29, 0.717) is 30.6 Å². The van der Waals surface area contributed by atoms with Gasteiger partial charge in [0, 0.05) is 13.1 Å². The van der Waals surface area contributed by atoms with Crippen LogP contribution in [-0.2, 0) is 4.79 Å². The Morgan fingerprint density at radius 2 is 2.08 bits per heavy atom. The van der Waals surface area contributed by atoms with Crippen LogP contribution in [0.5, 0.6) is 0 Å². The molecule has 0 aliphatic carbocycles. The fourth-order valence-corrected chi connectivity index (χ4v) is 3.02. The molecule has 0 bridgehead atoms. The summed E-state index contributed by atoms with van der Waals surface area (Å²) in [5.41, 5.74) is 1.17. The highest BCUT2D eigenvalue weighted by Gasteiger charge is 2.30. The summed E-state index contributed by atoms with van der Waals surface area (Å²) in [6.45, 7) is 2.41. The second-order valence-electron chi connectivity index (χ2n) is 5.94. The number of nitrogens with zero attached hydrogens (tertiary/aromatic N) is 3. The number of para-hydroxylation sites is 1. The number of hydrogen-bond acceptors (Lipinski definition) is 3. The molecule has 1 saturated heterocycles. The Morgan fingerprint density at radius 1 is 1.33 bits per heavy atom. The summed E-state index contributed by atoms with van der Waals surface area (Å²) in [4.78, 5) is 25.4. The smallest absolute Gasteiger partial charge is 0.308 e. The summed E-state index contributed by atoms with van der Waals surface area (Å²) in [5.74, 6) is -2.11. The van der Waals surface area contributed by atoms with Gasteiger partial charge in [0.15, 0.2) is 0 Å². The van der Waals surface area contributed by atoms with Crippen LogP contribution in [0.15, 0.2) is 30.5 Å². The van der Waals surface area contributed by atoms with Gasteiger partial charge in [0.05, 0.1) is 23.4 Å². The number of carbonyl (C=O) groups is 2. The fraction of sp³-hybridized carbons (Fsp3) is 0.353. The van der Waals surface area contributed by atoms with Crippen molar-refractivity contribution in [1.29, 1.82) is 0 Å².